The van der Waals surface area contributed by atoms with Crippen molar-refractivity contribution in [2.75, 3.05) is 7.05 Å². The van der Waals surface area contributed by atoms with Crippen molar-refractivity contribution in [1.29, 1.82) is 0 Å². The van der Waals surface area contributed by atoms with E-state index in [1.807, 2.05) is 7.05 Å². The molecule has 13 heavy (non-hydrogen) atoms. The van der Waals surface area contributed by atoms with Crippen molar-refractivity contribution < 1.29 is 0 Å². The minimum atomic E-state index is 0.515. The van der Waals surface area contributed by atoms with E-state index >= 15 is 0 Å². The predicted molar refractivity (Wildman–Crippen MR) is 61.1 cm³/mol. The maximum absolute atomic E-state index is 3.43. The summed E-state index contributed by atoms with van der Waals surface area (Å²) in [6.07, 6.45) is 0. The molecule has 0 aliphatic heterocycles. The van der Waals surface area contributed by atoms with Gasteiger partial charge in [0, 0.05) is 10.5 Å². The molecule has 0 saturated carbocycles. The maximum Gasteiger partial charge on any atom is 0.0175 e. The summed E-state index contributed by atoms with van der Waals surface area (Å²) in [4.78, 5) is 0. The average Bonchev–Trinajstić information content (AvgIpc) is 2.17. The van der Waals surface area contributed by atoms with Crippen molar-refractivity contribution in [3.05, 3.63) is 34.3 Å². The molecule has 0 aliphatic rings. The van der Waals surface area contributed by atoms with Gasteiger partial charge in [-0.1, -0.05) is 35.0 Å². The summed E-state index contributed by atoms with van der Waals surface area (Å²) >= 11 is 3.43. The molecule has 1 aromatic carbocycles. The molecule has 0 heterocycles. The van der Waals surface area contributed by atoms with Gasteiger partial charge in [0.25, 0.3) is 0 Å². The Morgan fingerprint density at radius 1 is 1.15 bits per heavy atom. The minimum absolute atomic E-state index is 0.515. The molecule has 0 bridgehead atoms. The molecule has 0 saturated heterocycles. The van der Waals surface area contributed by atoms with Gasteiger partial charge < -0.3 is 5.32 Å². The Hall–Kier alpha value is -0.340. The van der Waals surface area contributed by atoms with Crippen molar-refractivity contribution >= 4 is 15.9 Å². The largest absolute Gasteiger partial charge is 0.317 e. The molecular formula is C11H16BrN. The third kappa shape index (κ3) is 2.82. The molecule has 0 fully saturated rings. The fraction of sp³-hybridized carbons (Fsp3) is 0.455. The molecule has 2 atom stereocenters. The van der Waals surface area contributed by atoms with Crippen LogP contribution in [0.1, 0.15) is 25.3 Å². The molecule has 2 heteroatoms. The van der Waals surface area contributed by atoms with Crippen LogP contribution in [-0.4, -0.2) is 13.1 Å². The van der Waals surface area contributed by atoms with Crippen molar-refractivity contribution in [3.8, 4) is 0 Å². The number of likely N-dealkylation sites (N-methyl/N-ethyl adjacent to an activating group) is 1. The van der Waals surface area contributed by atoms with E-state index in [9.17, 15) is 0 Å². The van der Waals surface area contributed by atoms with Gasteiger partial charge in [-0.2, -0.15) is 0 Å². The van der Waals surface area contributed by atoms with Crippen LogP contribution in [0.3, 0.4) is 0 Å². The van der Waals surface area contributed by atoms with E-state index in [0.29, 0.717) is 12.0 Å². The summed E-state index contributed by atoms with van der Waals surface area (Å²) in [6, 6.07) is 9.04. The van der Waals surface area contributed by atoms with Crippen LogP contribution in [0, 0.1) is 0 Å². The molecular weight excluding hydrogens is 226 g/mol. The number of benzene rings is 1. The van der Waals surface area contributed by atoms with Crippen molar-refractivity contribution in [2.24, 2.45) is 0 Å². The molecule has 0 amide bonds. The summed E-state index contributed by atoms with van der Waals surface area (Å²) in [7, 11) is 2.00. The van der Waals surface area contributed by atoms with Gasteiger partial charge in [0.2, 0.25) is 0 Å². The second-order valence-electron chi connectivity index (χ2n) is 3.42. The Morgan fingerprint density at radius 2 is 1.69 bits per heavy atom. The zero-order valence-electron chi connectivity index (χ0n) is 8.34. The lowest BCUT2D eigenvalue weighted by Crippen LogP contribution is -2.27. The fourth-order valence-corrected chi connectivity index (χ4v) is 1.57. The van der Waals surface area contributed by atoms with E-state index in [1.54, 1.807) is 0 Å². The molecule has 0 spiro atoms. The lowest BCUT2D eigenvalue weighted by atomic mass is 9.95. The van der Waals surface area contributed by atoms with Gasteiger partial charge in [0.15, 0.2) is 0 Å². The highest BCUT2D eigenvalue weighted by Crippen LogP contribution is 2.20. The van der Waals surface area contributed by atoms with E-state index in [-0.39, 0.29) is 0 Å². The van der Waals surface area contributed by atoms with Gasteiger partial charge in [0.05, 0.1) is 0 Å². The average molecular weight is 242 g/mol. The van der Waals surface area contributed by atoms with E-state index in [4.69, 9.17) is 0 Å². The number of rotatable bonds is 3. The normalized spacial score (nSPS) is 15.4. The van der Waals surface area contributed by atoms with Crippen LogP contribution in [0.15, 0.2) is 28.7 Å². The fourth-order valence-electron chi connectivity index (χ4n) is 1.31. The SMILES string of the molecule is CNC(C)C(C)c1ccc(Br)cc1. The van der Waals surface area contributed by atoms with E-state index in [0.717, 1.165) is 4.47 Å². The molecule has 0 aromatic heterocycles. The first-order chi connectivity index (χ1) is 6.15. The molecule has 1 N–H and O–H groups in total. The highest BCUT2D eigenvalue weighted by molar-refractivity contribution is 9.10. The van der Waals surface area contributed by atoms with Crippen LogP contribution >= 0.6 is 15.9 Å². The van der Waals surface area contributed by atoms with Crippen LogP contribution in [-0.2, 0) is 0 Å². The van der Waals surface area contributed by atoms with Gasteiger partial charge in [-0.15, -0.1) is 0 Å². The Balaban J connectivity index is 2.77. The third-order valence-corrected chi connectivity index (χ3v) is 3.13. The van der Waals surface area contributed by atoms with Crippen molar-refractivity contribution in [3.63, 3.8) is 0 Å². The first kappa shape index (κ1) is 10.7. The maximum atomic E-state index is 3.43. The van der Waals surface area contributed by atoms with Crippen molar-refractivity contribution in [2.45, 2.75) is 25.8 Å². The molecule has 1 nitrogen and oxygen atoms in total. The van der Waals surface area contributed by atoms with Crippen LogP contribution < -0.4 is 5.32 Å². The number of hydrogen-bond acceptors (Lipinski definition) is 1. The summed E-state index contributed by atoms with van der Waals surface area (Å²) < 4.78 is 1.14. The van der Waals surface area contributed by atoms with Gasteiger partial charge in [0.1, 0.15) is 0 Å². The Kier molecular flexibility index (Phi) is 3.94. The zero-order chi connectivity index (χ0) is 9.84. The smallest absolute Gasteiger partial charge is 0.0175 e. The molecule has 1 aromatic rings. The Labute approximate surface area is 88.7 Å². The van der Waals surface area contributed by atoms with Crippen LogP contribution in [0.2, 0.25) is 0 Å². The molecule has 0 radical (unpaired) electrons. The van der Waals surface area contributed by atoms with Crippen molar-refractivity contribution in [1.82, 2.24) is 5.32 Å². The summed E-state index contributed by atoms with van der Waals surface area (Å²) in [5, 5.41) is 3.27. The quantitative estimate of drug-likeness (QED) is 0.858. The Morgan fingerprint density at radius 3 is 2.15 bits per heavy atom. The number of nitrogens with one attached hydrogen (secondary N) is 1. The highest BCUT2D eigenvalue weighted by Gasteiger charge is 2.11. The van der Waals surface area contributed by atoms with Gasteiger partial charge in [-0.25, -0.2) is 0 Å². The van der Waals surface area contributed by atoms with E-state index in [1.165, 1.54) is 5.56 Å². The topological polar surface area (TPSA) is 12.0 Å². The van der Waals surface area contributed by atoms with Crippen LogP contribution in [0.25, 0.3) is 0 Å². The van der Waals surface area contributed by atoms with Gasteiger partial charge in [-0.05, 0) is 37.6 Å². The first-order valence-corrected chi connectivity index (χ1v) is 5.37. The first-order valence-electron chi connectivity index (χ1n) is 4.58. The lowest BCUT2D eigenvalue weighted by molar-refractivity contribution is 0.524. The minimum Gasteiger partial charge on any atom is -0.317 e. The molecule has 2 unspecified atom stereocenters. The summed E-state index contributed by atoms with van der Waals surface area (Å²) in [6.45, 7) is 4.44. The molecule has 1 rings (SSSR count). The molecule has 72 valence electrons. The van der Waals surface area contributed by atoms with E-state index < -0.39 is 0 Å². The van der Waals surface area contributed by atoms with Crippen LogP contribution in [0.4, 0.5) is 0 Å². The zero-order valence-corrected chi connectivity index (χ0v) is 9.93. The number of hydrogen-bond donors (Lipinski definition) is 1. The summed E-state index contributed by atoms with van der Waals surface area (Å²) in [5.74, 6) is 0.554. The standard InChI is InChI=1S/C11H16BrN/c1-8(9(2)13-3)10-4-6-11(12)7-5-10/h4-9,13H,1-3H3. The second-order valence-corrected chi connectivity index (χ2v) is 4.33. The summed E-state index contributed by atoms with van der Waals surface area (Å²) in [5.41, 5.74) is 1.38. The van der Waals surface area contributed by atoms with Gasteiger partial charge >= 0.3 is 0 Å². The Bertz CT molecular complexity index is 255. The molecule has 0 aliphatic carbocycles. The predicted octanol–water partition coefficient (Wildman–Crippen LogP) is 3.16. The lowest BCUT2D eigenvalue weighted by Gasteiger charge is -2.19. The van der Waals surface area contributed by atoms with E-state index in [2.05, 4.69) is 59.4 Å². The number of halogens is 1. The van der Waals surface area contributed by atoms with Crippen LogP contribution in [0.5, 0.6) is 0 Å². The third-order valence-electron chi connectivity index (χ3n) is 2.60. The second kappa shape index (κ2) is 4.77. The van der Waals surface area contributed by atoms with Gasteiger partial charge in [-0.3, -0.25) is 0 Å². The highest BCUT2D eigenvalue weighted by atomic mass is 79.9. The monoisotopic (exact) mass is 241 g/mol.